The Balaban J connectivity index is 2.78. The van der Waals surface area contributed by atoms with E-state index < -0.39 is 0 Å². The average Bonchev–Trinajstić information content (AvgIpc) is 2.10. The molecule has 0 aliphatic heterocycles. The van der Waals surface area contributed by atoms with Crippen molar-refractivity contribution in [2.24, 2.45) is 11.8 Å². The minimum atomic E-state index is -0.0188. The summed E-state index contributed by atoms with van der Waals surface area (Å²) in [4.78, 5) is 11.4. The second kappa shape index (κ2) is 3.57. The molecular formula is C10H14O2. The normalized spacial score (nSPS) is 33.8. The highest BCUT2D eigenvalue weighted by Crippen LogP contribution is 2.30. The predicted molar refractivity (Wildman–Crippen MR) is 47.8 cm³/mol. The fourth-order valence-electron chi connectivity index (χ4n) is 1.63. The first-order valence-corrected chi connectivity index (χ1v) is 4.20. The van der Waals surface area contributed by atoms with Gasteiger partial charge >= 0.3 is 0 Å². The third kappa shape index (κ3) is 1.42. The zero-order valence-corrected chi connectivity index (χ0v) is 7.29. The van der Waals surface area contributed by atoms with Crippen LogP contribution in [0.5, 0.6) is 0 Å². The first-order valence-electron chi connectivity index (χ1n) is 4.20. The summed E-state index contributed by atoms with van der Waals surface area (Å²) in [6.07, 6.45) is 4.37. The first-order chi connectivity index (χ1) is 5.70. The van der Waals surface area contributed by atoms with E-state index in [0.717, 1.165) is 12.7 Å². The minimum absolute atomic E-state index is 0.0188. The lowest BCUT2D eigenvalue weighted by Gasteiger charge is -2.25. The standard InChI is InChI=1S/C10H14O2/c1-3-8-4-5-9(6-11)10(12)7(8)2/h3,6-8,11H,1,4-5H2,2H3/b9-6-. The van der Waals surface area contributed by atoms with Gasteiger partial charge in [-0.1, -0.05) is 13.0 Å². The van der Waals surface area contributed by atoms with E-state index in [1.165, 1.54) is 0 Å². The molecule has 0 saturated heterocycles. The lowest BCUT2D eigenvalue weighted by molar-refractivity contribution is -0.121. The summed E-state index contributed by atoms with van der Waals surface area (Å²) in [6, 6.07) is 0. The summed E-state index contributed by atoms with van der Waals surface area (Å²) in [5.41, 5.74) is 0.556. The maximum Gasteiger partial charge on any atom is 0.165 e. The molecule has 12 heavy (non-hydrogen) atoms. The highest BCUT2D eigenvalue weighted by molar-refractivity contribution is 5.97. The van der Waals surface area contributed by atoms with Crippen LogP contribution < -0.4 is 0 Å². The van der Waals surface area contributed by atoms with Crippen LogP contribution >= 0.6 is 0 Å². The topological polar surface area (TPSA) is 37.3 Å². The first kappa shape index (κ1) is 9.04. The van der Waals surface area contributed by atoms with Crippen molar-refractivity contribution in [3.05, 3.63) is 24.5 Å². The molecule has 0 aromatic heterocycles. The Bertz CT molecular complexity index is 228. The molecule has 1 N–H and O–H groups in total. The molecule has 0 radical (unpaired) electrons. The summed E-state index contributed by atoms with van der Waals surface area (Å²) in [6.45, 7) is 5.57. The van der Waals surface area contributed by atoms with Crippen LogP contribution in [0.1, 0.15) is 19.8 Å². The summed E-state index contributed by atoms with van der Waals surface area (Å²) < 4.78 is 0. The van der Waals surface area contributed by atoms with Crippen molar-refractivity contribution in [2.45, 2.75) is 19.8 Å². The van der Waals surface area contributed by atoms with E-state index in [-0.39, 0.29) is 17.6 Å². The van der Waals surface area contributed by atoms with Gasteiger partial charge in [-0.2, -0.15) is 0 Å². The summed E-state index contributed by atoms with van der Waals surface area (Å²) in [5, 5.41) is 8.73. The number of aliphatic hydroxyl groups is 1. The number of ketones is 1. The molecule has 2 nitrogen and oxygen atoms in total. The third-order valence-corrected chi connectivity index (χ3v) is 2.58. The van der Waals surface area contributed by atoms with Crippen molar-refractivity contribution in [2.75, 3.05) is 0 Å². The van der Waals surface area contributed by atoms with Crippen molar-refractivity contribution in [1.29, 1.82) is 0 Å². The Morgan fingerprint density at radius 1 is 1.67 bits per heavy atom. The number of aliphatic hydroxyl groups excluding tert-OH is 1. The average molecular weight is 166 g/mol. The van der Waals surface area contributed by atoms with Crippen LogP contribution in [0.3, 0.4) is 0 Å². The maximum atomic E-state index is 11.4. The van der Waals surface area contributed by atoms with Crippen LogP contribution in [-0.2, 0) is 4.79 Å². The van der Waals surface area contributed by atoms with Gasteiger partial charge in [0.15, 0.2) is 5.78 Å². The molecule has 0 spiro atoms. The fraction of sp³-hybridized carbons (Fsp3) is 0.500. The van der Waals surface area contributed by atoms with Crippen LogP contribution in [0, 0.1) is 11.8 Å². The van der Waals surface area contributed by atoms with Crippen molar-refractivity contribution in [3.63, 3.8) is 0 Å². The molecule has 2 heteroatoms. The molecule has 1 aliphatic carbocycles. The molecule has 1 fully saturated rings. The van der Waals surface area contributed by atoms with Gasteiger partial charge in [0.2, 0.25) is 0 Å². The fourth-order valence-corrected chi connectivity index (χ4v) is 1.63. The number of carbonyl (C=O) groups is 1. The van der Waals surface area contributed by atoms with E-state index in [2.05, 4.69) is 6.58 Å². The monoisotopic (exact) mass is 166 g/mol. The number of hydrogen-bond donors (Lipinski definition) is 1. The quantitative estimate of drug-likeness (QED) is 0.368. The molecular weight excluding hydrogens is 152 g/mol. The van der Waals surface area contributed by atoms with Crippen LogP contribution in [0.4, 0.5) is 0 Å². The second-order valence-corrected chi connectivity index (χ2v) is 3.25. The van der Waals surface area contributed by atoms with E-state index >= 15 is 0 Å². The minimum Gasteiger partial charge on any atom is -0.515 e. The van der Waals surface area contributed by atoms with Gasteiger partial charge < -0.3 is 5.11 Å². The zero-order valence-electron chi connectivity index (χ0n) is 7.29. The maximum absolute atomic E-state index is 11.4. The van der Waals surface area contributed by atoms with Crippen LogP contribution in [-0.4, -0.2) is 10.9 Å². The molecule has 0 heterocycles. The van der Waals surface area contributed by atoms with Gasteiger partial charge in [0.25, 0.3) is 0 Å². The molecule has 66 valence electrons. The molecule has 1 saturated carbocycles. The summed E-state index contributed by atoms with van der Waals surface area (Å²) in [7, 11) is 0. The van der Waals surface area contributed by atoms with Gasteiger partial charge in [0.05, 0.1) is 6.26 Å². The SMILES string of the molecule is C=CC1CC/C(=C/O)C(=O)C1C. The Kier molecular flexibility index (Phi) is 2.69. The van der Waals surface area contributed by atoms with E-state index in [1.54, 1.807) is 0 Å². The highest BCUT2D eigenvalue weighted by atomic mass is 16.2. The van der Waals surface area contributed by atoms with Crippen LogP contribution in [0.15, 0.2) is 24.5 Å². The van der Waals surface area contributed by atoms with Gasteiger partial charge in [0, 0.05) is 11.5 Å². The Labute approximate surface area is 72.6 Å². The van der Waals surface area contributed by atoms with Crippen molar-refractivity contribution >= 4 is 5.78 Å². The van der Waals surface area contributed by atoms with Gasteiger partial charge in [-0.3, -0.25) is 4.79 Å². The molecule has 0 amide bonds. The lowest BCUT2D eigenvalue weighted by atomic mass is 9.77. The van der Waals surface area contributed by atoms with Crippen LogP contribution in [0.25, 0.3) is 0 Å². The largest absolute Gasteiger partial charge is 0.515 e. The van der Waals surface area contributed by atoms with Gasteiger partial charge in [-0.05, 0) is 18.8 Å². The lowest BCUT2D eigenvalue weighted by Crippen LogP contribution is -2.26. The highest BCUT2D eigenvalue weighted by Gasteiger charge is 2.29. The number of allylic oxidation sites excluding steroid dienone is 2. The van der Waals surface area contributed by atoms with E-state index in [9.17, 15) is 4.79 Å². The second-order valence-electron chi connectivity index (χ2n) is 3.25. The zero-order chi connectivity index (χ0) is 9.14. The number of hydrogen-bond acceptors (Lipinski definition) is 2. The third-order valence-electron chi connectivity index (χ3n) is 2.58. The van der Waals surface area contributed by atoms with E-state index in [1.807, 2.05) is 13.0 Å². The number of Topliss-reactive ketones (excluding diaryl/α,β-unsaturated/α-hetero) is 1. The smallest absolute Gasteiger partial charge is 0.165 e. The van der Waals surface area contributed by atoms with Crippen molar-refractivity contribution < 1.29 is 9.90 Å². The number of carbonyl (C=O) groups excluding carboxylic acids is 1. The predicted octanol–water partition coefficient (Wildman–Crippen LogP) is 2.23. The van der Waals surface area contributed by atoms with Crippen molar-refractivity contribution in [1.82, 2.24) is 0 Å². The molecule has 2 atom stereocenters. The van der Waals surface area contributed by atoms with Gasteiger partial charge in [-0.25, -0.2) is 0 Å². The molecule has 0 aromatic carbocycles. The van der Waals surface area contributed by atoms with E-state index in [0.29, 0.717) is 12.0 Å². The molecule has 0 aromatic rings. The van der Waals surface area contributed by atoms with Gasteiger partial charge in [0.1, 0.15) is 0 Å². The molecule has 2 unspecified atom stereocenters. The summed E-state index contributed by atoms with van der Waals surface area (Å²) >= 11 is 0. The summed E-state index contributed by atoms with van der Waals surface area (Å²) in [5.74, 6) is 0.324. The molecule has 0 bridgehead atoms. The Morgan fingerprint density at radius 3 is 2.83 bits per heavy atom. The van der Waals surface area contributed by atoms with Gasteiger partial charge in [-0.15, -0.1) is 6.58 Å². The molecule has 1 aliphatic rings. The van der Waals surface area contributed by atoms with E-state index in [4.69, 9.17) is 5.11 Å². The molecule has 1 rings (SSSR count). The Morgan fingerprint density at radius 2 is 2.33 bits per heavy atom. The van der Waals surface area contributed by atoms with Crippen molar-refractivity contribution in [3.8, 4) is 0 Å². The number of rotatable bonds is 1. The van der Waals surface area contributed by atoms with Crippen LogP contribution in [0.2, 0.25) is 0 Å². The Hall–Kier alpha value is -1.05.